The summed E-state index contributed by atoms with van der Waals surface area (Å²) in [5, 5.41) is 0. The van der Waals surface area contributed by atoms with Gasteiger partial charge in [0.1, 0.15) is 0 Å². The third-order valence-corrected chi connectivity index (χ3v) is 4.83. The molecular weight excluding hydrogens is 216 g/mol. The number of hydrogen-bond donors (Lipinski definition) is 0. The van der Waals surface area contributed by atoms with Crippen molar-refractivity contribution in [2.75, 3.05) is 0 Å². The van der Waals surface area contributed by atoms with E-state index in [2.05, 4.69) is 12.2 Å². The maximum Gasteiger partial charge on any atom is -0.0273 e. The highest BCUT2D eigenvalue weighted by Crippen LogP contribution is 2.39. The fraction of sp³-hybridized carbons (Fsp3) is 0.667. The van der Waals surface area contributed by atoms with Gasteiger partial charge < -0.3 is 0 Å². The Hall–Kier alpha value is -0.780. The first-order chi connectivity index (χ1) is 8.95. The lowest BCUT2D eigenvalue weighted by Crippen LogP contribution is -2.01. The summed E-state index contributed by atoms with van der Waals surface area (Å²) in [6.07, 6.45) is 21.7. The van der Waals surface area contributed by atoms with E-state index in [0.29, 0.717) is 0 Å². The normalized spacial score (nSPS) is 25.8. The molecule has 0 spiro atoms. The molecule has 3 rings (SSSR count). The first kappa shape index (κ1) is 12.3. The molecule has 0 heteroatoms. The van der Waals surface area contributed by atoms with Crippen LogP contribution < -0.4 is 0 Å². The predicted octanol–water partition coefficient (Wildman–Crippen LogP) is 5.86. The summed E-state index contributed by atoms with van der Waals surface area (Å²) in [4.78, 5) is 0. The molecule has 0 bridgehead atoms. The molecule has 0 aliphatic heterocycles. The average Bonchev–Trinajstić information content (AvgIpc) is 2.84. The van der Waals surface area contributed by atoms with Crippen LogP contribution in [0.25, 0.3) is 0 Å². The zero-order valence-electron chi connectivity index (χ0n) is 11.6. The van der Waals surface area contributed by atoms with Gasteiger partial charge in [0.05, 0.1) is 0 Å². The molecule has 0 saturated heterocycles. The van der Waals surface area contributed by atoms with Crippen molar-refractivity contribution in [2.45, 2.75) is 77.0 Å². The SMILES string of the molecule is C1=C(C2=C(C3=CCCCC3)CCCCC2)CCC1. The van der Waals surface area contributed by atoms with E-state index < -0.39 is 0 Å². The topological polar surface area (TPSA) is 0 Å². The van der Waals surface area contributed by atoms with E-state index in [-0.39, 0.29) is 0 Å². The van der Waals surface area contributed by atoms with Gasteiger partial charge in [-0.3, -0.25) is 0 Å². The maximum absolute atomic E-state index is 2.56. The van der Waals surface area contributed by atoms with Crippen molar-refractivity contribution in [1.82, 2.24) is 0 Å². The molecule has 0 atom stereocenters. The molecular formula is C18H26. The molecule has 0 radical (unpaired) electrons. The Bertz CT molecular complexity index is 392. The molecule has 0 aromatic heterocycles. The van der Waals surface area contributed by atoms with E-state index in [1.54, 1.807) is 22.3 Å². The summed E-state index contributed by atoms with van der Waals surface area (Å²) in [6.45, 7) is 0. The first-order valence-electron chi connectivity index (χ1n) is 8.06. The number of rotatable bonds is 2. The average molecular weight is 242 g/mol. The van der Waals surface area contributed by atoms with Gasteiger partial charge in [-0.1, -0.05) is 18.6 Å². The van der Waals surface area contributed by atoms with Gasteiger partial charge in [0, 0.05) is 0 Å². The van der Waals surface area contributed by atoms with Crippen LogP contribution in [-0.4, -0.2) is 0 Å². The highest BCUT2D eigenvalue weighted by atomic mass is 14.2. The molecule has 3 aliphatic carbocycles. The van der Waals surface area contributed by atoms with Crippen molar-refractivity contribution in [3.05, 3.63) is 34.4 Å². The fourth-order valence-corrected chi connectivity index (χ4v) is 3.85. The minimum atomic E-state index is 1.32. The smallest absolute Gasteiger partial charge is 0.0273 e. The molecule has 98 valence electrons. The van der Waals surface area contributed by atoms with Crippen LogP contribution in [0, 0.1) is 0 Å². The van der Waals surface area contributed by atoms with Gasteiger partial charge in [0.15, 0.2) is 0 Å². The van der Waals surface area contributed by atoms with Crippen LogP contribution in [0.2, 0.25) is 0 Å². The molecule has 0 saturated carbocycles. The summed E-state index contributed by atoms with van der Waals surface area (Å²) in [5.74, 6) is 0. The third-order valence-electron chi connectivity index (χ3n) is 4.83. The van der Waals surface area contributed by atoms with Crippen LogP contribution in [0.15, 0.2) is 34.4 Å². The summed E-state index contributed by atoms with van der Waals surface area (Å²) < 4.78 is 0. The zero-order chi connectivity index (χ0) is 12.2. The monoisotopic (exact) mass is 242 g/mol. The summed E-state index contributed by atoms with van der Waals surface area (Å²) in [7, 11) is 0. The summed E-state index contributed by atoms with van der Waals surface area (Å²) >= 11 is 0. The molecule has 0 heterocycles. The summed E-state index contributed by atoms with van der Waals surface area (Å²) in [6, 6.07) is 0. The van der Waals surface area contributed by atoms with E-state index >= 15 is 0 Å². The first-order valence-corrected chi connectivity index (χ1v) is 8.06. The van der Waals surface area contributed by atoms with Crippen molar-refractivity contribution in [3.8, 4) is 0 Å². The Balaban J connectivity index is 1.94. The van der Waals surface area contributed by atoms with Crippen molar-refractivity contribution >= 4 is 0 Å². The van der Waals surface area contributed by atoms with Gasteiger partial charge in [-0.25, -0.2) is 0 Å². The minimum Gasteiger partial charge on any atom is -0.0810 e. The number of hydrogen-bond acceptors (Lipinski definition) is 0. The van der Waals surface area contributed by atoms with Crippen LogP contribution in [0.5, 0.6) is 0 Å². The van der Waals surface area contributed by atoms with Gasteiger partial charge in [0.25, 0.3) is 0 Å². The molecule has 0 nitrogen and oxygen atoms in total. The molecule has 0 N–H and O–H groups in total. The zero-order valence-corrected chi connectivity index (χ0v) is 11.6. The second-order valence-electron chi connectivity index (χ2n) is 6.11. The lowest BCUT2D eigenvalue weighted by Gasteiger charge is -2.20. The largest absolute Gasteiger partial charge is 0.0810 e. The highest BCUT2D eigenvalue weighted by molar-refractivity contribution is 5.46. The van der Waals surface area contributed by atoms with Crippen molar-refractivity contribution < 1.29 is 0 Å². The Morgan fingerprint density at radius 2 is 1.06 bits per heavy atom. The molecule has 0 unspecified atom stereocenters. The quantitative estimate of drug-likeness (QED) is 0.569. The fourth-order valence-electron chi connectivity index (χ4n) is 3.85. The standard InChI is InChI=1S/C18H26/c1-3-9-15(10-4-1)17-13-5-2-6-14-18(17)16-11-7-8-12-16/h9,11H,1-8,10,12-14H2. The minimum absolute atomic E-state index is 1.32. The van der Waals surface area contributed by atoms with Crippen LogP contribution in [0.1, 0.15) is 77.0 Å². The predicted molar refractivity (Wildman–Crippen MR) is 78.6 cm³/mol. The van der Waals surface area contributed by atoms with Crippen LogP contribution in [-0.2, 0) is 0 Å². The van der Waals surface area contributed by atoms with E-state index in [4.69, 9.17) is 0 Å². The van der Waals surface area contributed by atoms with Gasteiger partial charge in [-0.2, -0.15) is 0 Å². The Morgan fingerprint density at radius 3 is 1.61 bits per heavy atom. The van der Waals surface area contributed by atoms with Crippen molar-refractivity contribution in [3.63, 3.8) is 0 Å². The van der Waals surface area contributed by atoms with Crippen LogP contribution >= 0.6 is 0 Å². The molecule has 0 fully saturated rings. The molecule has 18 heavy (non-hydrogen) atoms. The van der Waals surface area contributed by atoms with Gasteiger partial charge in [-0.05, 0) is 92.9 Å². The van der Waals surface area contributed by atoms with Gasteiger partial charge >= 0.3 is 0 Å². The van der Waals surface area contributed by atoms with E-state index in [1.807, 2.05) is 0 Å². The van der Waals surface area contributed by atoms with E-state index in [1.165, 1.54) is 77.0 Å². The van der Waals surface area contributed by atoms with Crippen LogP contribution in [0.3, 0.4) is 0 Å². The molecule has 3 aliphatic rings. The van der Waals surface area contributed by atoms with Crippen LogP contribution in [0.4, 0.5) is 0 Å². The van der Waals surface area contributed by atoms with E-state index in [9.17, 15) is 0 Å². The Morgan fingerprint density at radius 1 is 0.500 bits per heavy atom. The van der Waals surface area contributed by atoms with Crippen molar-refractivity contribution in [2.24, 2.45) is 0 Å². The maximum atomic E-state index is 2.56. The lowest BCUT2D eigenvalue weighted by atomic mass is 9.85. The second kappa shape index (κ2) is 5.91. The second-order valence-corrected chi connectivity index (χ2v) is 6.11. The molecule has 0 aromatic rings. The third kappa shape index (κ3) is 2.63. The summed E-state index contributed by atoms with van der Waals surface area (Å²) in [5.41, 5.74) is 7.00. The van der Waals surface area contributed by atoms with Crippen molar-refractivity contribution in [1.29, 1.82) is 0 Å². The Labute approximate surface area is 112 Å². The van der Waals surface area contributed by atoms with Gasteiger partial charge in [-0.15, -0.1) is 0 Å². The number of allylic oxidation sites excluding steroid dienone is 6. The van der Waals surface area contributed by atoms with E-state index in [0.717, 1.165) is 0 Å². The van der Waals surface area contributed by atoms with Gasteiger partial charge in [0.2, 0.25) is 0 Å². The molecule has 0 amide bonds. The molecule has 0 aromatic carbocycles. The Kier molecular flexibility index (Phi) is 4.02. The highest BCUT2D eigenvalue weighted by Gasteiger charge is 2.20. The lowest BCUT2D eigenvalue weighted by molar-refractivity contribution is 0.684.